The van der Waals surface area contributed by atoms with Crippen LogP contribution < -0.4 is 11.1 Å². The van der Waals surface area contributed by atoms with Crippen LogP contribution in [-0.4, -0.2) is 21.8 Å². The summed E-state index contributed by atoms with van der Waals surface area (Å²) in [6, 6.07) is 5.82. The second-order valence-corrected chi connectivity index (χ2v) is 6.39. The van der Waals surface area contributed by atoms with Crippen molar-refractivity contribution in [2.24, 2.45) is 5.73 Å². The maximum Gasteiger partial charge on any atom is 0.265 e. The van der Waals surface area contributed by atoms with Gasteiger partial charge in [-0.1, -0.05) is 17.7 Å². The molecule has 2 heterocycles. The average Bonchev–Trinajstić information content (AvgIpc) is 3.20. The summed E-state index contributed by atoms with van der Waals surface area (Å²) in [4.78, 5) is 30.2. The number of carbonyl (C=O) groups excluding carboxylic acids is 2. The van der Waals surface area contributed by atoms with Crippen molar-refractivity contribution in [3.05, 3.63) is 57.9 Å². The fourth-order valence-electron chi connectivity index (χ4n) is 2.17. The Hall–Kier alpha value is -2.71. The third-order valence-corrected chi connectivity index (χ3v) is 4.51. The normalized spacial score (nSPS) is 10.6. The highest BCUT2D eigenvalue weighted by atomic mass is 35.5. The van der Waals surface area contributed by atoms with Crippen LogP contribution in [0.15, 0.2) is 35.8 Å². The molecule has 0 bridgehead atoms. The number of thiazole rings is 1. The van der Waals surface area contributed by atoms with Gasteiger partial charge in [-0.25, -0.2) is 9.37 Å². The minimum absolute atomic E-state index is 0.134. The Morgan fingerprint density at radius 1 is 1.40 bits per heavy atom. The molecule has 0 radical (unpaired) electrons. The Morgan fingerprint density at radius 2 is 2.20 bits per heavy atom. The highest BCUT2D eigenvalue weighted by Gasteiger charge is 2.14. The molecule has 4 N–H and O–H groups in total. The maximum atomic E-state index is 13.7. The molecular formula is C16H12ClFN4O2S. The Labute approximate surface area is 150 Å². The van der Waals surface area contributed by atoms with E-state index in [1.54, 1.807) is 17.6 Å². The van der Waals surface area contributed by atoms with E-state index in [4.69, 9.17) is 17.3 Å². The Morgan fingerprint density at radius 3 is 2.88 bits per heavy atom. The van der Waals surface area contributed by atoms with Crippen LogP contribution in [0.2, 0.25) is 5.02 Å². The molecule has 1 aromatic carbocycles. The molecule has 0 spiro atoms. The summed E-state index contributed by atoms with van der Waals surface area (Å²) < 4.78 is 13.7. The van der Waals surface area contributed by atoms with Crippen molar-refractivity contribution in [2.75, 3.05) is 5.32 Å². The Kier molecular flexibility index (Phi) is 4.82. The summed E-state index contributed by atoms with van der Waals surface area (Å²) in [7, 11) is 0. The predicted octanol–water partition coefficient (Wildman–Crippen LogP) is 3.21. The van der Waals surface area contributed by atoms with Crippen LogP contribution in [0.1, 0.15) is 16.1 Å². The molecule has 3 aromatic rings. The third kappa shape index (κ3) is 3.86. The van der Waals surface area contributed by atoms with Gasteiger partial charge in [-0.15, -0.1) is 11.3 Å². The van der Waals surface area contributed by atoms with Crippen molar-refractivity contribution in [3.63, 3.8) is 0 Å². The van der Waals surface area contributed by atoms with Crippen molar-refractivity contribution in [1.82, 2.24) is 9.97 Å². The first-order valence-electron chi connectivity index (χ1n) is 7.11. The molecule has 0 saturated heterocycles. The molecule has 0 aliphatic heterocycles. The summed E-state index contributed by atoms with van der Waals surface area (Å²) >= 11 is 7.12. The van der Waals surface area contributed by atoms with Gasteiger partial charge < -0.3 is 16.0 Å². The lowest BCUT2D eigenvalue weighted by Gasteiger charge is -2.05. The van der Waals surface area contributed by atoms with Gasteiger partial charge >= 0.3 is 0 Å². The SMILES string of the molecule is NC(=O)c1cc(-c2csc(NC(=O)Cc3c(F)cccc3Cl)n2)c[nH]1. The van der Waals surface area contributed by atoms with Crippen molar-refractivity contribution in [1.29, 1.82) is 0 Å². The molecular weight excluding hydrogens is 367 g/mol. The molecule has 0 atom stereocenters. The molecule has 2 amide bonds. The molecule has 2 aromatic heterocycles. The molecule has 0 aliphatic carbocycles. The van der Waals surface area contributed by atoms with Crippen LogP contribution in [0.3, 0.4) is 0 Å². The highest BCUT2D eigenvalue weighted by molar-refractivity contribution is 7.14. The first-order chi connectivity index (χ1) is 11.9. The van der Waals surface area contributed by atoms with Crippen LogP contribution in [0, 0.1) is 5.82 Å². The van der Waals surface area contributed by atoms with E-state index in [1.165, 1.54) is 29.5 Å². The van der Waals surface area contributed by atoms with Gasteiger partial charge in [0.25, 0.3) is 5.91 Å². The topological polar surface area (TPSA) is 101 Å². The zero-order valence-electron chi connectivity index (χ0n) is 12.7. The van der Waals surface area contributed by atoms with Crippen LogP contribution in [-0.2, 0) is 11.2 Å². The summed E-state index contributed by atoms with van der Waals surface area (Å²) in [5.74, 6) is -1.54. The van der Waals surface area contributed by atoms with Gasteiger partial charge in [-0.2, -0.15) is 0 Å². The van der Waals surface area contributed by atoms with Crippen LogP contribution in [0.4, 0.5) is 9.52 Å². The van der Waals surface area contributed by atoms with Crippen molar-refractivity contribution >= 4 is 39.9 Å². The van der Waals surface area contributed by atoms with E-state index < -0.39 is 17.6 Å². The van der Waals surface area contributed by atoms with Gasteiger partial charge in [0, 0.05) is 27.7 Å². The van der Waals surface area contributed by atoms with Gasteiger partial charge in [-0.3, -0.25) is 9.59 Å². The molecule has 9 heteroatoms. The Bertz CT molecular complexity index is 933. The number of aromatic amines is 1. The lowest BCUT2D eigenvalue weighted by Crippen LogP contribution is -2.15. The molecule has 6 nitrogen and oxygen atoms in total. The fourth-order valence-corrected chi connectivity index (χ4v) is 3.14. The summed E-state index contributed by atoms with van der Waals surface area (Å²) in [5.41, 5.74) is 6.83. The molecule has 3 rings (SSSR count). The first-order valence-corrected chi connectivity index (χ1v) is 8.36. The molecule has 0 unspecified atom stereocenters. The van der Waals surface area contributed by atoms with E-state index >= 15 is 0 Å². The zero-order chi connectivity index (χ0) is 18.0. The summed E-state index contributed by atoms with van der Waals surface area (Å²) in [6.45, 7) is 0. The molecule has 0 fully saturated rings. The molecule has 25 heavy (non-hydrogen) atoms. The molecule has 0 aliphatic rings. The van der Waals surface area contributed by atoms with Gasteiger partial charge in [0.15, 0.2) is 5.13 Å². The van der Waals surface area contributed by atoms with Crippen LogP contribution in [0.5, 0.6) is 0 Å². The van der Waals surface area contributed by atoms with E-state index in [2.05, 4.69) is 15.3 Å². The third-order valence-electron chi connectivity index (χ3n) is 3.39. The number of halogens is 2. The highest BCUT2D eigenvalue weighted by Crippen LogP contribution is 2.26. The van der Waals surface area contributed by atoms with Gasteiger partial charge in [-0.05, 0) is 18.2 Å². The number of anilines is 1. The van der Waals surface area contributed by atoms with Crippen molar-refractivity contribution in [2.45, 2.75) is 6.42 Å². The lowest BCUT2D eigenvalue weighted by molar-refractivity contribution is -0.115. The second kappa shape index (κ2) is 7.04. The largest absolute Gasteiger partial charge is 0.364 e. The quantitative estimate of drug-likeness (QED) is 0.635. The second-order valence-electron chi connectivity index (χ2n) is 5.13. The molecule has 128 valence electrons. The number of hydrogen-bond donors (Lipinski definition) is 3. The minimum Gasteiger partial charge on any atom is -0.364 e. The number of carbonyl (C=O) groups is 2. The first kappa shape index (κ1) is 17.1. The number of nitrogens with zero attached hydrogens (tertiary/aromatic N) is 1. The van der Waals surface area contributed by atoms with Crippen molar-refractivity contribution in [3.8, 4) is 11.3 Å². The van der Waals surface area contributed by atoms with E-state index in [-0.39, 0.29) is 22.7 Å². The number of H-pyrrole nitrogens is 1. The number of amides is 2. The number of aromatic nitrogens is 2. The van der Waals surface area contributed by atoms with Crippen molar-refractivity contribution < 1.29 is 14.0 Å². The number of rotatable bonds is 5. The van der Waals surface area contributed by atoms with E-state index in [1.807, 2.05) is 0 Å². The number of nitrogens with two attached hydrogens (primary N) is 1. The zero-order valence-corrected chi connectivity index (χ0v) is 14.2. The number of hydrogen-bond acceptors (Lipinski definition) is 4. The summed E-state index contributed by atoms with van der Waals surface area (Å²) in [6.07, 6.45) is 1.40. The van der Waals surface area contributed by atoms with Gasteiger partial charge in [0.2, 0.25) is 5.91 Å². The van der Waals surface area contributed by atoms with Crippen LogP contribution >= 0.6 is 22.9 Å². The maximum absolute atomic E-state index is 13.7. The van der Waals surface area contributed by atoms with Gasteiger partial charge in [0.05, 0.1) is 12.1 Å². The van der Waals surface area contributed by atoms with E-state index in [0.29, 0.717) is 16.4 Å². The number of benzene rings is 1. The summed E-state index contributed by atoms with van der Waals surface area (Å²) in [5, 5.41) is 4.88. The fraction of sp³-hybridized carbons (Fsp3) is 0.0625. The average molecular weight is 379 g/mol. The predicted molar refractivity (Wildman–Crippen MR) is 94.2 cm³/mol. The van der Waals surface area contributed by atoms with Crippen LogP contribution in [0.25, 0.3) is 11.3 Å². The smallest absolute Gasteiger partial charge is 0.265 e. The van der Waals surface area contributed by atoms with Gasteiger partial charge in [0.1, 0.15) is 11.5 Å². The molecule has 0 saturated carbocycles. The number of primary amides is 1. The Balaban J connectivity index is 1.70. The standard InChI is InChI=1S/C16H12ClFN4O2S/c17-10-2-1-3-11(18)9(10)5-14(23)22-16-21-13(7-25-16)8-4-12(15(19)24)20-6-8/h1-4,6-7,20H,5H2,(H2,19,24)(H,21,22,23). The minimum atomic E-state index is -0.572. The van der Waals surface area contributed by atoms with E-state index in [9.17, 15) is 14.0 Å². The lowest BCUT2D eigenvalue weighted by atomic mass is 10.1. The number of nitrogens with one attached hydrogen (secondary N) is 2. The van der Waals surface area contributed by atoms with E-state index in [0.717, 1.165) is 0 Å². The monoisotopic (exact) mass is 378 g/mol.